The largest absolute Gasteiger partial charge is 0.341 e. The molecule has 0 fully saturated rings. The van der Waals surface area contributed by atoms with Gasteiger partial charge in [-0.1, -0.05) is 31.2 Å². The van der Waals surface area contributed by atoms with Gasteiger partial charge in [-0.2, -0.15) is 5.26 Å². The van der Waals surface area contributed by atoms with Crippen molar-refractivity contribution in [2.75, 3.05) is 13.1 Å². The molecule has 1 atom stereocenters. The molecule has 1 aromatic carbocycles. The monoisotopic (exact) mass is 242 g/mol. The maximum Gasteiger partial charge on any atom is 0.239 e. The van der Waals surface area contributed by atoms with Crippen molar-refractivity contribution < 1.29 is 4.79 Å². The van der Waals surface area contributed by atoms with Crippen molar-refractivity contribution in [3.05, 3.63) is 35.4 Å². The smallest absolute Gasteiger partial charge is 0.239 e. The highest BCUT2D eigenvalue weighted by atomic mass is 16.2. The Morgan fingerprint density at radius 1 is 1.33 bits per heavy atom. The molecule has 94 valence electrons. The van der Waals surface area contributed by atoms with Crippen LogP contribution in [0.3, 0.4) is 0 Å². The van der Waals surface area contributed by atoms with Crippen molar-refractivity contribution in [1.29, 1.82) is 5.26 Å². The molecular formula is C15H18N2O. The molecule has 1 unspecified atom stereocenters. The molecule has 0 aliphatic carbocycles. The third-order valence-electron chi connectivity index (χ3n) is 3.59. The average molecular weight is 242 g/mol. The van der Waals surface area contributed by atoms with Gasteiger partial charge in [-0.3, -0.25) is 4.79 Å². The lowest BCUT2D eigenvalue weighted by atomic mass is 10.0. The molecule has 0 aromatic heterocycles. The first kappa shape index (κ1) is 12.6. The SMILES string of the molecule is CCC(C#N)C(=O)N1CCc2ccccc2CC1. The molecule has 1 amide bonds. The second-order valence-corrected chi connectivity index (χ2v) is 4.68. The van der Waals surface area contributed by atoms with Crippen LogP contribution in [0.5, 0.6) is 0 Å². The molecule has 1 heterocycles. The van der Waals surface area contributed by atoms with E-state index in [0.717, 1.165) is 25.9 Å². The van der Waals surface area contributed by atoms with Crippen LogP contribution in [-0.2, 0) is 17.6 Å². The van der Waals surface area contributed by atoms with Crippen molar-refractivity contribution in [1.82, 2.24) is 4.90 Å². The zero-order valence-electron chi connectivity index (χ0n) is 10.7. The minimum atomic E-state index is -0.480. The Morgan fingerprint density at radius 2 is 1.89 bits per heavy atom. The summed E-state index contributed by atoms with van der Waals surface area (Å²) in [6.07, 6.45) is 2.38. The molecule has 0 radical (unpaired) electrons. The van der Waals surface area contributed by atoms with E-state index < -0.39 is 5.92 Å². The van der Waals surface area contributed by atoms with Gasteiger partial charge < -0.3 is 4.90 Å². The Labute approximate surface area is 108 Å². The molecular weight excluding hydrogens is 224 g/mol. The first-order valence-electron chi connectivity index (χ1n) is 6.51. The van der Waals surface area contributed by atoms with E-state index in [1.54, 1.807) is 0 Å². The minimum Gasteiger partial charge on any atom is -0.341 e. The molecule has 2 rings (SSSR count). The second-order valence-electron chi connectivity index (χ2n) is 4.68. The average Bonchev–Trinajstić information content (AvgIpc) is 2.62. The summed E-state index contributed by atoms with van der Waals surface area (Å²) in [6.45, 7) is 3.35. The summed E-state index contributed by atoms with van der Waals surface area (Å²) in [7, 11) is 0. The highest BCUT2D eigenvalue weighted by molar-refractivity contribution is 5.81. The fourth-order valence-corrected chi connectivity index (χ4v) is 2.43. The van der Waals surface area contributed by atoms with Gasteiger partial charge in [0.15, 0.2) is 0 Å². The van der Waals surface area contributed by atoms with E-state index in [1.807, 2.05) is 24.0 Å². The van der Waals surface area contributed by atoms with E-state index >= 15 is 0 Å². The minimum absolute atomic E-state index is 0.00666. The first-order chi connectivity index (χ1) is 8.76. The number of carbonyl (C=O) groups is 1. The van der Waals surface area contributed by atoms with Crippen LogP contribution in [0.2, 0.25) is 0 Å². The number of carbonyl (C=O) groups excluding carboxylic acids is 1. The lowest BCUT2D eigenvalue weighted by Gasteiger charge is -2.22. The molecule has 18 heavy (non-hydrogen) atoms. The van der Waals surface area contributed by atoms with Crippen molar-refractivity contribution >= 4 is 5.91 Å². The molecule has 3 nitrogen and oxygen atoms in total. The molecule has 0 saturated carbocycles. The van der Waals surface area contributed by atoms with Crippen LogP contribution in [0.15, 0.2) is 24.3 Å². The Hall–Kier alpha value is -1.82. The molecule has 0 bridgehead atoms. The molecule has 1 aliphatic rings. The van der Waals surface area contributed by atoms with Gasteiger partial charge in [0.05, 0.1) is 6.07 Å². The van der Waals surface area contributed by atoms with E-state index in [2.05, 4.69) is 18.2 Å². The van der Waals surface area contributed by atoms with Gasteiger partial charge in [-0.05, 0) is 30.4 Å². The number of hydrogen-bond acceptors (Lipinski definition) is 2. The predicted molar refractivity (Wildman–Crippen MR) is 69.8 cm³/mol. The Morgan fingerprint density at radius 3 is 2.33 bits per heavy atom. The summed E-state index contributed by atoms with van der Waals surface area (Å²) < 4.78 is 0. The summed E-state index contributed by atoms with van der Waals surface area (Å²) >= 11 is 0. The lowest BCUT2D eigenvalue weighted by molar-refractivity contribution is -0.133. The number of rotatable bonds is 2. The van der Waals surface area contributed by atoms with Crippen LogP contribution in [0.4, 0.5) is 0 Å². The number of benzene rings is 1. The number of hydrogen-bond donors (Lipinski definition) is 0. The molecule has 1 aliphatic heterocycles. The second kappa shape index (κ2) is 5.68. The molecule has 0 spiro atoms. The van der Waals surface area contributed by atoms with Crippen molar-refractivity contribution in [2.45, 2.75) is 26.2 Å². The van der Waals surface area contributed by atoms with Crippen LogP contribution in [0.25, 0.3) is 0 Å². The zero-order valence-corrected chi connectivity index (χ0v) is 10.7. The normalized spacial score (nSPS) is 16.3. The van der Waals surface area contributed by atoms with Crippen molar-refractivity contribution in [3.63, 3.8) is 0 Å². The first-order valence-corrected chi connectivity index (χ1v) is 6.51. The summed E-state index contributed by atoms with van der Waals surface area (Å²) in [5.74, 6) is -0.487. The Balaban J connectivity index is 2.09. The standard InChI is InChI=1S/C15H18N2O/c1-2-12(11-16)15(18)17-9-7-13-5-3-4-6-14(13)8-10-17/h3-6,12H,2,7-10H2,1H3. The van der Waals surface area contributed by atoms with Crippen LogP contribution in [-0.4, -0.2) is 23.9 Å². The number of fused-ring (bicyclic) bond motifs is 1. The van der Waals surface area contributed by atoms with Gasteiger partial charge in [-0.15, -0.1) is 0 Å². The number of nitrogens with zero attached hydrogens (tertiary/aromatic N) is 2. The van der Waals surface area contributed by atoms with Gasteiger partial charge in [0.25, 0.3) is 0 Å². The summed E-state index contributed by atoms with van der Waals surface area (Å²) in [5, 5.41) is 8.97. The molecule has 1 aromatic rings. The van der Waals surface area contributed by atoms with Crippen LogP contribution in [0, 0.1) is 17.2 Å². The predicted octanol–water partition coefficient (Wildman–Crippen LogP) is 2.16. The zero-order chi connectivity index (χ0) is 13.0. The highest BCUT2D eigenvalue weighted by Gasteiger charge is 2.24. The molecule has 3 heteroatoms. The van der Waals surface area contributed by atoms with Crippen LogP contribution >= 0.6 is 0 Å². The summed E-state index contributed by atoms with van der Waals surface area (Å²) in [6, 6.07) is 10.4. The molecule has 0 saturated heterocycles. The van der Waals surface area contributed by atoms with Gasteiger partial charge in [0, 0.05) is 13.1 Å². The Kier molecular flexibility index (Phi) is 3.99. The highest BCUT2D eigenvalue weighted by Crippen LogP contribution is 2.17. The van der Waals surface area contributed by atoms with E-state index in [4.69, 9.17) is 5.26 Å². The fourth-order valence-electron chi connectivity index (χ4n) is 2.43. The summed E-state index contributed by atoms with van der Waals surface area (Å²) in [5.41, 5.74) is 2.66. The van der Waals surface area contributed by atoms with Crippen molar-refractivity contribution in [3.8, 4) is 6.07 Å². The van der Waals surface area contributed by atoms with Crippen molar-refractivity contribution in [2.24, 2.45) is 5.92 Å². The third-order valence-corrected chi connectivity index (χ3v) is 3.59. The van der Waals surface area contributed by atoms with Gasteiger partial charge in [0.2, 0.25) is 5.91 Å². The summed E-state index contributed by atoms with van der Waals surface area (Å²) in [4.78, 5) is 14.0. The van der Waals surface area contributed by atoms with Crippen LogP contribution in [0.1, 0.15) is 24.5 Å². The van der Waals surface area contributed by atoms with Gasteiger partial charge >= 0.3 is 0 Å². The topological polar surface area (TPSA) is 44.1 Å². The van der Waals surface area contributed by atoms with E-state index in [-0.39, 0.29) is 5.91 Å². The van der Waals surface area contributed by atoms with Gasteiger partial charge in [0.1, 0.15) is 5.92 Å². The third kappa shape index (κ3) is 2.53. The molecule has 0 N–H and O–H groups in total. The lowest BCUT2D eigenvalue weighted by Crippen LogP contribution is -2.37. The van der Waals surface area contributed by atoms with Gasteiger partial charge in [-0.25, -0.2) is 0 Å². The Bertz CT molecular complexity index is 449. The van der Waals surface area contributed by atoms with E-state index in [1.165, 1.54) is 11.1 Å². The van der Waals surface area contributed by atoms with Crippen LogP contribution < -0.4 is 0 Å². The van der Waals surface area contributed by atoms with E-state index in [9.17, 15) is 4.79 Å². The maximum atomic E-state index is 12.2. The van der Waals surface area contributed by atoms with E-state index in [0.29, 0.717) is 6.42 Å². The maximum absolute atomic E-state index is 12.2. The number of nitriles is 1. The number of amides is 1. The fraction of sp³-hybridized carbons (Fsp3) is 0.467. The quantitative estimate of drug-likeness (QED) is 0.797.